The fourth-order valence-electron chi connectivity index (χ4n) is 3.26. The minimum atomic E-state index is -0.402. The molecule has 1 aliphatic heterocycles. The molecule has 3 aromatic rings. The molecule has 29 heavy (non-hydrogen) atoms. The van der Waals surface area contributed by atoms with Crippen LogP contribution in [0.15, 0.2) is 41.7 Å². The fourth-order valence-corrected chi connectivity index (χ4v) is 3.26. The number of nitrogens with two attached hydrogens (primary N) is 1. The summed E-state index contributed by atoms with van der Waals surface area (Å²) in [5.74, 6) is 1.52. The molecule has 0 radical (unpaired) electrons. The number of benzene rings is 1. The van der Waals surface area contributed by atoms with Gasteiger partial charge in [0.2, 0.25) is 5.62 Å². The highest BCUT2D eigenvalue weighted by Crippen LogP contribution is 2.37. The number of hydrogen-bond donors (Lipinski definition) is 2. The van der Waals surface area contributed by atoms with Crippen LogP contribution in [0.25, 0.3) is 10.9 Å². The van der Waals surface area contributed by atoms with E-state index in [2.05, 4.69) is 20.3 Å². The van der Waals surface area contributed by atoms with Crippen molar-refractivity contribution in [3.63, 3.8) is 0 Å². The third-order valence-corrected chi connectivity index (χ3v) is 4.62. The summed E-state index contributed by atoms with van der Waals surface area (Å²) in [6, 6.07) is 7.16. The van der Waals surface area contributed by atoms with Crippen LogP contribution < -0.4 is 26.1 Å². The highest BCUT2D eigenvalue weighted by molar-refractivity contribution is 5.96. The van der Waals surface area contributed by atoms with E-state index in [9.17, 15) is 4.79 Å². The van der Waals surface area contributed by atoms with E-state index in [1.807, 2.05) is 16.7 Å². The van der Waals surface area contributed by atoms with E-state index < -0.39 is 5.91 Å². The number of carbonyl (C=O) groups excluding carboxylic acids is 1. The van der Waals surface area contributed by atoms with Gasteiger partial charge in [0, 0.05) is 30.9 Å². The minimum Gasteiger partial charge on any atom is -0.491 e. The molecule has 0 saturated carbocycles. The minimum absolute atomic E-state index is 0.309. The zero-order chi connectivity index (χ0) is 20.2. The Kier molecular flexibility index (Phi) is 5.39. The Balaban J connectivity index is 1.87. The molecular formula is C20H22N6O3. The van der Waals surface area contributed by atoms with Crippen molar-refractivity contribution < 1.29 is 14.3 Å². The predicted octanol–water partition coefficient (Wildman–Crippen LogP) is 1.33. The molecule has 0 unspecified atom stereocenters. The Morgan fingerprint density at radius 3 is 3.03 bits per heavy atom. The standard InChI is InChI=1S/C20H22N6O3/c1-28-17-15(29-11-3-7-21)6-5-14-16(17)24-20(26-10-9-23-18(14)26)25-19(27)13-4-2-8-22-12-13/h2,4-6,8,12,23H,3,7,9-11,21H2,1H3. The normalized spacial score (nSPS) is 13.2. The maximum atomic E-state index is 12.6. The molecular weight excluding hydrogens is 372 g/mol. The first kappa shape index (κ1) is 18.9. The SMILES string of the molecule is COc1c(OCCCN)ccc2c3n(c(=NC(=O)c4cccnc4)nc12)CCN3. The van der Waals surface area contributed by atoms with Crippen molar-refractivity contribution in [1.29, 1.82) is 0 Å². The van der Waals surface area contributed by atoms with Gasteiger partial charge in [-0.05, 0) is 37.2 Å². The number of fused-ring (bicyclic) bond motifs is 3. The summed E-state index contributed by atoms with van der Waals surface area (Å²) in [6.45, 7) is 2.41. The van der Waals surface area contributed by atoms with Gasteiger partial charge in [-0.2, -0.15) is 4.99 Å². The molecule has 9 heteroatoms. The maximum absolute atomic E-state index is 12.6. The fraction of sp³-hybridized carbons (Fsp3) is 0.300. The zero-order valence-corrected chi connectivity index (χ0v) is 16.1. The highest BCUT2D eigenvalue weighted by Gasteiger charge is 2.20. The lowest BCUT2D eigenvalue weighted by Gasteiger charge is -2.14. The van der Waals surface area contributed by atoms with Gasteiger partial charge < -0.3 is 20.5 Å². The average Bonchev–Trinajstić information content (AvgIpc) is 3.25. The van der Waals surface area contributed by atoms with Crippen molar-refractivity contribution in [2.24, 2.45) is 10.7 Å². The van der Waals surface area contributed by atoms with Crippen LogP contribution in [0.1, 0.15) is 16.8 Å². The molecule has 0 fully saturated rings. The monoisotopic (exact) mass is 394 g/mol. The molecule has 3 heterocycles. The Morgan fingerprint density at radius 2 is 2.28 bits per heavy atom. The Morgan fingerprint density at radius 1 is 1.38 bits per heavy atom. The number of anilines is 1. The second kappa shape index (κ2) is 8.27. The average molecular weight is 394 g/mol. The Hall–Kier alpha value is -3.46. The summed E-state index contributed by atoms with van der Waals surface area (Å²) in [5, 5.41) is 4.22. The van der Waals surface area contributed by atoms with Crippen molar-refractivity contribution in [3.8, 4) is 11.5 Å². The van der Waals surface area contributed by atoms with E-state index in [-0.39, 0.29) is 0 Å². The van der Waals surface area contributed by atoms with E-state index in [0.29, 0.717) is 47.9 Å². The smallest absolute Gasteiger partial charge is 0.281 e. The third kappa shape index (κ3) is 3.64. The lowest BCUT2D eigenvalue weighted by atomic mass is 10.2. The molecule has 0 aliphatic carbocycles. The lowest BCUT2D eigenvalue weighted by Crippen LogP contribution is -2.25. The van der Waals surface area contributed by atoms with Gasteiger partial charge in [-0.1, -0.05) is 0 Å². The number of hydrogen-bond acceptors (Lipinski definition) is 7. The number of carbonyl (C=O) groups is 1. The van der Waals surface area contributed by atoms with Crippen LogP contribution >= 0.6 is 0 Å². The molecule has 9 nitrogen and oxygen atoms in total. The van der Waals surface area contributed by atoms with Crippen LogP contribution in [0, 0.1) is 0 Å². The second-order valence-electron chi connectivity index (χ2n) is 6.48. The van der Waals surface area contributed by atoms with Gasteiger partial charge in [0.25, 0.3) is 5.91 Å². The van der Waals surface area contributed by atoms with Crippen molar-refractivity contribution in [2.75, 3.05) is 32.1 Å². The molecule has 4 rings (SSSR count). The van der Waals surface area contributed by atoms with Gasteiger partial charge in [0.15, 0.2) is 11.5 Å². The van der Waals surface area contributed by atoms with Crippen LogP contribution in [-0.2, 0) is 6.54 Å². The number of methoxy groups -OCH3 is 1. The van der Waals surface area contributed by atoms with Crippen LogP contribution in [0.3, 0.4) is 0 Å². The summed E-state index contributed by atoms with van der Waals surface area (Å²) >= 11 is 0. The molecule has 0 spiro atoms. The maximum Gasteiger partial charge on any atom is 0.281 e. The number of aromatic nitrogens is 3. The molecule has 1 aliphatic rings. The molecule has 0 bridgehead atoms. The van der Waals surface area contributed by atoms with E-state index in [1.165, 1.54) is 6.20 Å². The van der Waals surface area contributed by atoms with Crippen LogP contribution in [0.5, 0.6) is 11.5 Å². The van der Waals surface area contributed by atoms with Crippen molar-refractivity contribution >= 4 is 22.6 Å². The zero-order valence-electron chi connectivity index (χ0n) is 16.1. The summed E-state index contributed by atoms with van der Waals surface area (Å²) < 4.78 is 13.3. The summed E-state index contributed by atoms with van der Waals surface area (Å²) in [5.41, 5.74) is 6.84. The number of amides is 1. The van der Waals surface area contributed by atoms with Gasteiger partial charge in [0.1, 0.15) is 11.3 Å². The van der Waals surface area contributed by atoms with Gasteiger partial charge >= 0.3 is 0 Å². The summed E-state index contributed by atoms with van der Waals surface area (Å²) in [6.07, 6.45) is 3.83. The van der Waals surface area contributed by atoms with Gasteiger partial charge in [-0.25, -0.2) is 4.98 Å². The van der Waals surface area contributed by atoms with E-state index in [0.717, 1.165) is 24.2 Å². The molecule has 1 aromatic carbocycles. The number of rotatable bonds is 6. The molecule has 0 atom stereocenters. The van der Waals surface area contributed by atoms with Gasteiger partial charge in [0.05, 0.1) is 19.3 Å². The number of ether oxygens (including phenoxy) is 2. The van der Waals surface area contributed by atoms with E-state index in [4.69, 9.17) is 15.2 Å². The summed E-state index contributed by atoms with van der Waals surface area (Å²) in [7, 11) is 1.57. The molecule has 3 N–H and O–H groups in total. The van der Waals surface area contributed by atoms with Crippen molar-refractivity contribution in [2.45, 2.75) is 13.0 Å². The Bertz CT molecular complexity index is 1110. The quantitative estimate of drug-likeness (QED) is 0.606. The first-order chi connectivity index (χ1) is 14.2. The number of nitrogens with one attached hydrogen (secondary N) is 1. The number of nitrogens with zero attached hydrogens (tertiary/aromatic N) is 4. The lowest BCUT2D eigenvalue weighted by molar-refractivity contribution is 0.0996. The van der Waals surface area contributed by atoms with Gasteiger partial charge in [-0.15, -0.1) is 0 Å². The first-order valence-corrected chi connectivity index (χ1v) is 9.40. The molecule has 150 valence electrons. The molecule has 2 aromatic heterocycles. The molecule has 0 saturated heterocycles. The van der Waals surface area contributed by atoms with Crippen LogP contribution in [0.4, 0.5) is 5.82 Å². The largest absolute Gasteiger partial charge is 0.491 e. The van der Waals surface area contributed by atoms with E-state index >= 15 is 0 Å². The van der Waals surface area contributed by atoms with Crippen molar-refractivity contribution in [3.05, 3.63) is 47.8 Å². The van der Waals surface area contributed by atoms with Crippen LogP contribution in [-0.4, -0.2) is 47.2 Å². The Labute approximate surface area is 167 Å². The highest BCUT2D eigenvalue weighted by atomic mass is 16.5. The first-order valence-electron chi connectivity index (χ1n) is 9.40. The van der Waals surface area contributed by atoms with Crippen LogP contribution in [0.2, 0.25) is 0 Å². The third-order valence-electron chi connectivity index (χ3n) is 4.62. The predicted molar refractivity (Wildman–Crippen MR) is 108 cm³/mol. The second-order valence-corrected chi connectivity index (χ2v) is 6.48. The molecule has 1 amide bonds. The number of pyridine rings is 1. The van der Waals surface area contributed by atoms with E-state index in [1.54, 1.807) is 25.4 Å². The topological polar surface area (TPSA) is 117 Å². The summed E-state index contributed by atoms with van der Waals surface area (Å²) in [4.78, 5) is 25.5. The van der Waals surface area contributed by atoms with Gasteiger partial charge in [-0.3, -0.25) is 14.3 Å². The van der Waals surface area contributed by atoms with Crippen molar-refractivity contribution in [1.82, 2.24) is 14.5 Å².